The maximum atomic E-state index is 9.24. The summed E-state index contributed by atoms with van der Waals surface area (Å²) in [5.74, 6) is 0. The Bertz CT molecular complexity index is 105. The molecule has 0 spiro atoms. The Kier molecular flexibility index (Phi) is 21.3. The largest absolute Gasteiger partial charge is 2.00 e. The van der Waals surface area contributed by atoms with E-state index in [9.17, 15) is 18.9 Å². The third-order valence-electron chi connectivity index (χ3n) is 0.133. The topological polar surface area (TPSA) is 110 Å². The van der Waals surface area contributed by atoms with Crippen LogP contribution >= 0.6 is 16.5 Å². The fourth-order valence-electron chi connectivity index (χ4n) is 0.0544. The van der Waals surface area contributed by atoms with Crippen LogP contribution in [0.3, 0.4) is 0 Å². The van der Waals surface area contributed by atoms with Gasteiger partial charge in [-0.1, -0.05) is 0 Å². The monoisotopic (exact) mass is 252 g/mol. The maximum Gasteiger partial charge on any atom is 2.00 e. The average molecular weight is 253 g/mol. The molecule has 0 fully saturated rings. The standard InChI is InChI=1S/C2H6O.O5P2.Zn/c1-2-3;1-6(2)5-7(3)4;/h3H,2H2,1H3;;/q;;+2. The Hall–Kier alpha value is 0.663. The molecule has 1 N–H and O–H groups in total. The summed E-state index contributed by atoms with van der Waals surface area (Å²) < 4.78 is 21.6. The minimum absolute atomic E-state index is 0. The van der Waals surface area contributed by atoms with E-state index in [0.717, 1.165) is 0 Å². The van der Waals surface area contributed by atoms with Crippen LogP contribution in [0.2, 0.25) is 0 Å². The van der Waals surface area contributed by atoms with Crippen molar-refractivity contribution in [2.75, 3.05) is 6.61 Å². The molecule has 0 saturated carbocycles. The zero-order chi connectivity index (χ0) is 8.57. The van der Waals surface area contributed by atoms with Crippen LogP contribution in [0.5, 0.6) is 0 Å². The number of aliphatic hydroxyl groups is 1. The predicted molar refractivity (Wildman–Crippen MR) is 29.1 cm³/mol. The summed E-state index contributed by atoms with van der Waals surface area (Å²) in [5.41, 5.74) is 0. The van der Waals surface area contributed by atoms with E-state index in [2.05, 4.69) is 4.31 Å². The third-order valence-corrected chi connectivity index (χ3v) is 1.20. The molecule has 0 aromatic rings. The Balaban J connectivity index is -0.000000140. The van der Waals surface area contributed by atoms with Crippen LogP contribution in [0.25, 0.3) is 0 Å². The molecular weight excluding hydrogens is 247 g/mol. The maximum absolute atomic E-state index is 9.24. The minimum atomic E-state index is -3.24. The summed E-state index contributed by atoms with van der Waals surface area (Å²) in [6, 6.07) is 0. The normalized spacial score (nSPS) is 10.2. The van der Waals surface area contributed by atoms with Crippen LogP contribution in [-0.2, 0) is 32.9 Å². The smallest absolute Gasteiger partial charge is 0.563 e. The average Bonchev–Trinajstić information content (AvgIpc) is 1.62. The fourth-order valence-corrected chi connectivity index (χ4v) is 0.490. The second-order valence-electron chi connectivity index (χ2n) is 0.845. The third kappa shape index (κ3) is 36.8. The summed E-state index contributed by atoms with van der Waals surface area (Å²) in [4.78, 5) is 18.5. The van der Waals surface area contributed by atoms with Gasteiger partial charge in [-0.2, -0.15) is 0 Å². The van der Waals surface area contributed by atoms with E-state index in [1.165, 1.54) is 0 Å². The van der Waals surface area contributed by atoms with Gasteiger partial charge in [0.15, 0.2) is 0 Å². The van der Waals surface area contributed by atoms with E-state index < -0.39 is 16.5 Å². The van der Waals surface area contributed by atoms with Gasteiger partial charge in [0.25, 0.3) is 0 Å². The number of rotatable bonds is 2. The molecular formula is C2H6O6P2Zn+2. The Morgan fingerprint density at radius 1 is 1.36 bits per heavy atom. The fraction of sp³-hybridized carbons (Fsp3) is 1.00. The van der Waals surface area contributed by atoms with Crippen molar-refractivity contribution in [3.63, 3.8) is 0 Å². The van der Waals surface area contributed by atoms with Gasteiger partial charge in [-0.25, -0.2) is 0 Å². The SMILES string of the molecule is CCO.O=[P+]([O-])O[P+](=O)[O-].[Zn+2]. The summed E-state index contributed by atoms with van der Waals surface area (Å²) in [5, 5.41) is 7.57. The number of hydrogen-bond acceptors (Lipinski definition) is 6. The van der Waals surface area contributed by atoms with Crippen LogP contribution in [-0.4, -0.2) is 11.7 Å². The molecule has 0 aliphatic carbocycles. The molecule has 0 radical (unpaired) electrons. The van der Waals surface area contributed by atoms with Crippen molar-refractivity contribution < 1.29 is 47.8 Å². The summed E-state index contributed by atoms with van der Waals surface area (Å²) in [6.45, 7) is 1.93. The molecule has 0 saturated heterocycles. The van der Waals surface area contributed by atoms with Crippen molar-refractivity contribution in [2.45, 2.75) is 6.92 Å². The Morgan fingerprint density at radius 3 is 1.55 bits per heavy atom. The molecule has 0 heterocycles. The van der Waals surface area contributed by atoms with Gasteiger partial charge in [-0.05, 0) is 16.1 Å². The van der Waals surface area contributed by atoms with E-state index in [1.807, 2.05) is 0 Å². The summed E-state index contributed by atoms with van der Waals surface area (Å²) in [6.07, 6.45) is 0. The van der Waals surface area contributed by atoms with Crippen molar-refractivity contribution in [3.05, 3.63) is 0 Å². The molecule has 6 nitrogen and oxygen atoms in total. The molecule has 0 amide bonds. The van der Waals surface area contributed by atoms with Crippen LogP contribution in [0, 0.1) is 0 Å². The molecule has 60 valence electrons. The zero-order valence-corrected chi connectivity index (χ0v) is 10.6. The molecule has 0 aromatic carbocycles. The van der Waals surface area contributed by atoms with Gasteiger partial charge in [0.2, 0.25) is 0 Å². The summed E-state index contributed by atoms with van der Waals surface area (Å²) in [7, 11) is -6.47. The molecule has 0 rings (SSSR count). The van der Waals surface area contributed by atoms with Gasteiger partial charge in [0.05, 0.1) is 0 Å². The van der Waals surface area contributed by atoms with Crippen molar-refractivity contribution in [1.29, 1.82) is 0 Å². The summed E-state index contributed by atoms with van der Waals surface area (Å²) >= 11 is 0. The van der Waals surface area contributed by atoms with Gasteiger partial charge in [0, 0.05) is 6.61 Å². The van der Waals surface area contributed by atoms with Crippen LogP contribution in [0.1, 0.15) is 6.92 Å². The first-order valence-corrected chi connectivity index (χ1v) is 4.31. The van der Waals surface area contributed by atoms with Gasteiger partial charge < -0.3 is 14.9 Å². The van der Waals surface area contributed by atoms with Gasteiger partial charge in [0.1, 0.15) is 4.31 Å². The second-order valence-corrected chi connectivity index (χ2v) is 2.39. The van der Waals surface area contributed by atoms with Gasteiger partial charge >= 0.3 is 36.0 Å². The molecule has 2 unspecified atom stereocenters. The second kappa shape index (κ2) is 13.3. The van der Waals surface area contributed by atoms with Crippen LogP contribution in [0.4, 0.5) is 0 Å². The Labute approximate surface area is 78.2 Å². The first-order valence-electron chi connectivity index (χ1n) is 2.12. The number of hydrogen-bond donors (Lipinski definition) is 1. The van der Waals surface area contributed by atoms with Crippen molar-refractivity contribution >= 4 is 16.5 Å². The quantitative estimate of drug-likeness (QED) is 0.501. The van der Waals surface area contributed by atoms with Crippen molar-refractivity contribution in [1.82, 2.24) is 0 Å². The molecule has 0 aromatic heterocycles. The minimum Gasteiger partial charge on any atom is -0.563 e. The van der Waals surface area contributed by atoms with Gasteiger partial charge in [-0.3, -0.25) is 0 Å². The molecule has 0 bridgehead atoms. The first kappa shape index (κ1) is 17.7. The van der Waals surface area contributed by atoms with E-state index in [-0.39, 0.29) is 26.1 Å². The predicted octanol–water partition coefficient (Wildman–Crippen LogP) is -0.966. The number of aliphatic hydroxyl groups excluding tert-OH is 1. The Morgan fingerprint density at radius 2 is 1.55 bits per heavy atom. The molecule has 0 aliphatic rings. The van der Waals surface area contributed by atoms with Crippen molar-refractivity contribution in [3.8, 4) is 0 Å². The zero-order valence-electron chi connectivity index (χ0n) is 5.80. The van der Waals surface area contributed by atoms with E-state index in [1.54, 1.807) is 6.92 Å². The van der Waals surface area contributed by atoms with Crippen LogP contribution < -0.4 is 9.79 Å². The molecule has 2 atom stereocenters. The first-order chi connectivity index (χ1) is 4.54. The van der Waals surface area contributed by atoms with E-state index in [0.29, 0.717) is 0 Å². The van der Waals surface area contributed by atoms with Crippen molar-refractivity contribution in [2.24, 2.45) is 0 Å². The van der Waals surface area contributed by atoms with E-state index in [4.69, 9.17) is 5.11 Å². The van der Waals surface area contributed by atoms with Crippen LogP contribution in [0.15, 0.2) is 0 Å². The molecule has 9 heteroatoms. The van der Waals surface area contributed by atoms with Gasteiger partial charge in [-0.15, -0.1) is 0 Å². The van der Waals surface area contributed by atoms with E-state index >= 15 is 0 Å². The molecule has 0 aliphatic heterocycles. The molecule has 11 heavy (non-hydrogen) atoms.